The van der Waals surface area contributed by atoms with Crippen molar-refractivity contribution in [3.63, 3.8) is 0 Å². The summed E-state index contributed by atoms with van der Waals surface area (Å²) in [6, 6.07) is 9.60. The predicted molar refractivity (Wildman–Crippen MR) is 85.8 cm³/mol. The van der Waals surface area contributed by atoms with Crippen LogP contribution in [0.2, 0.25) is 0 Å². The minimum atomic E-state index is 0.0256. The molecule has 1 aromatic carbocycles. The van der Waals surface area contributed by atoms with Gasteiger partial charge in [-0.2, -0.15) is 4.68 Å². The fraction of sp³-hybridized carbons (Fsp3) is 0.400. The van der Waals surface area contributed by atoms with Gasteiger partial charge in [0.05, 0.1) is 7.05 Å². The molecule has 7 heteroatoms. The van der Waals surface area contributed by atoms with Crippen LogP contribution in [0, 0.1) is 4.84 Å². The Labute approximate surface area is 134 Å². The lowest BCUT2D eigenvalue weighted by molar-refractivity contribution is -0.895. The number of nitrogens with one attached hydrogen (secondary N) is 2. The first-order valence-electron chi connectivity index (χ1n) is 7.31. The van der Waals surface area contributed by atoms with Crippen molar-refractivity contribution in [2.24, 2.45) is 0 Å². The smallest absolute Gasteiger partial charge is 0.292 e. The molecule has 2 N–H and O–H groups in total. The van der Waals surface area contributed by atoms with E-state index in [1.807, 2.05) is 44.3 Å². The molecule has 6 nitrogen and oxygen atoms in total. The van der Waals surface area contributed by atoms with Gasteiger partial charge in [0.25, 0.3) is 10.7 Å². The first-order valence-corrected chi connectivity index (χ1v) is 7.72. The molecule has 1 aromatic heterocycles. The Morgan fingerprint density at radius 1 is 1.41 bits per heavy atom. The number of aromatic nitrogens is 2. The average Bonchev–Trinajstić information content (AvgIpc) is 2.87. The van der Waals surface area contributed by atoms with Gasteiger partial charge in [0.2, 0.25) is 5.89 Å². The molecule has 0 spiro atoms. The number of hydrogen-bond donors (Lipinski definition) is 2. The third-order valence-corrected chi connectivity index (χ3v) is 3.38. The molecule has 0 fully saturated rings. The summed E-state index contributed by atoms with van der Waals surface area (Å²) in [5.74, 6) is 0.520. The van der Waals surface area contributed by atoms with Gasteiger partial charge in [-0.15, -0.1) is 5.10 Å². The third-order valence-electron chi connectivity index (χ3n) is 3.08. The second-order valence-electron chi connectivity index (χ2n) is 5.18. The zero-order valence-electron chi connectivity index (χ0n) is 12.8. The molecule has 1 heterocycles. The monoisotopic (exact) mass is 321 g/mol. The zero-order chi connectivity index (χ0) is 15.9. The largest absolute Gasteiger partial charge is 0.409 e. The lowest BCUT2D eigenvalue weighted by Crippen LogP contribution is -3.09. The van der Waals surface area contributed by atoms with E-state index in [1.165, 1.54) is 0 Å². The van der Waals surface area contributed by atoms with Crippen LogP contribution in [0.1, 0.15) is 13.3 Å². The molecule has 0 aliphatic rings. The van der Waals surface area contributed by atoms with Gasteiger partial charge in [-0.3, -0.25) is 4.79 Å². The molecule has 0 radical (unpaired) electrons. The van der Waals surface area contributed by atoms with Gasteiger partial charge >= 0.3 is 0 Å². The number of amides is 1. The Morgan fingerprint density at radius 2 is 2.14 bits per heavy atom. The van der Waals surface area contributed by atoms with E-state index in [0.717, 1.165) is 16.9 Å². The van der Waals surface area contributed by atoms with Crippen molar-refractivity contribution >= 4 is 18.1 Å². The number of carbonyl (C=O) groups excluding carboxylic acids is 1. The van der Waals surface area contributed by atoms with Crippen LogP contribution >= 0.6 is 12.2 Å². The van der Waals surface area contributed by atoms with Crippen LogP contribution in [0.15, 0.2) is 34.7 Å². The SMILES string of the molecule is CCCNC(=O)C[NH+](C)Cn1nc(-c2ccccc2)oc1=S. The molecule has 118 valence electrons. The number of likely N-dealkylation sites (N-methyl/N-ethyl adjacent to an activating group) is 1. The summed E-state index contributed by atoms with van der Waals surface area (Å²) in [6.45, 7) is 3.58. The summed E-state index contributed by atoms with van der Waals surface area (Å²) in [7, 11) is 1.92. The fourth-order valence-electron chi connectivity index (χ4n) is 2.02. The van der Waals surface area contributed by atoms with Crippen LogP contribution in [0.4, 0.5) is 0 Å². The van der Waals surface area contributed by atoms with Gasteiger partial charge in [-0.1, -0.05) is 25.1 Å². The maximum absolute atomic E-state index is 11.7. The maximum atomic E-state index is 11.7. The topological polar surface area (TPSA) is 64.5 Å². The molecule has 0 aliphatic carbocycles. The van der Waals surface area contributed by atoms with Gasteiger partial charge in [0.1, 0.15) is 0 Å². The highest BCUT2D eigenvalue weighted by molar-refractivity contribution is 7.71. The summed E-state index contributed by atoms with van der Waals surface area (Å²) in [5.41, 5.74) is 0.880. The second-order valence-corrected chi connectivity index (χ2v) is 5.53. The number of nitrogens with zero attached hydrogens (tertiary/aromatic N) is 2. The van der Waals surface area contributed by atoms with Crippen LogP contribution in [0.5, 0.6) is 0 Å². The molecule has 1 unspecified atom stereocenters. The standard InChI is InChI=1S/C15H20N4O2S/c1-3-9-16-13(20)10-18(2)11-19-15(22)21-14(17-19)12-7-5-4-6-8-12/h4-8H,3,9-11H2,1-2H3,(H,16,20)/p+1. The molecule has 1 amide bonds. The van der Waals surface area contributed by atoms with Gasteiger partial charge in [0, 0.05) is 12.1 Å². The van der Waals surface area contributed by atoms with Crippen LogP contribution in [-0.4, -0.2) is 35.8 Å². The van der Waals surface area contributed by atoms with Gasteiger partial charge in [0.15, 0.2) is 13.2 Å². The molecule has 0 saturated heterocycles. The van der Waals surface area contributed by atoms with Crippen LogP contribution < -0.4 is 10.2 Å². The van der Waals surface area contributed by atoms with E-state index in [4.69, 9.17) is 16.6 Å². The first-order chi connectivity index (χ1) is 10.6. The van der Waals surface area contributed by atoms with E-state index in [0.29, 0.717) is 30.5 Å². The molecule has 0 bridgehead atoms. The number of quaternary nitrogens is 1. The van der Waals surface area contributed by atoms with Crippen LogP contribution in [-0.2, 0) is 11.5 Å². The number of benzene rings is 1. The first kappa shape index (κ1) is 16.4. The second kappa shape index (κ2) is 7.86. The lowest BCUT2D eigenvalue weighted by Gasteiger charge is -2.12. The summed E-state index contributed by atoms with van der Waals surface area (Å²) in [5, 5.41) is 7.24. The minimum absolute atomic E-state index is 0.0256. The van der Waals surface area contributed by atoms with Crippen molar-refractivity contribution in [1.82, 2.24) is 15.1 Å². The van der Waals surface area contributed by atoms with Crippen molar-refractivity contribution in [2.45, 2.75) is 20.0 Å². The van der Waals surface area contributed by atoms with Crippen LogP contribution in [0.3, 0.4) is 0 Å². The van der Waals surface area contributed by atoms with Crippen molar-refractivity contribution in [3.8, 4) is 11.5 Å². The zero-order valence-corrected chi connectivity index (χ0v) is 13.7. The highest BCUT2D eigenvalue weighted by atomic mass is 32.1. The summed E-state index contributed by atoms with van der Waals surface area (Å²) in [4.78, 5) is 13.0. The summed E-state index contributed by atoms with van der Waals surface area (Å²) < 4.78 is 7.14. The van der Waals surface area contributed by atoms with Crippen molar-refractivity contribution in [2.75, 3.05) is 20.1 Å². The summed E-state index contributed by atoms with van der Waals surface area (Å²) in [6.07, 6.45) is 0.930. The maximum Gasteiger partial charge on any atom is 0.292 e. The van der Waals surface area contributed by atoms with Crippen molar-refractivity contribution < 1.29 is 14.1 Å². The van der Waals surface area contributed by atoms with Crippen LogP contribution in [0.25, 0.3) is 11.5 Å². The molecular weight excluding hydrogens is 300 g/mol. The highest BCUT2D eigenvalue weighted by Crippen LogP contribution is 2.16. The Hall–Kier alpha value is -1.99. The summed E-state index contributed by atoms with van der Waals surface area (Å²) >= 11 is 5.19. The van der Waals surface area contributed by atoms with E-state index in [1.54, 1.807) is 4.68 Å². The van der Waals surface area contributed by atoms with Crippen molar-refractivity contribution in [1.29, 1.82) is 0 Å². The Bertz CT molecular complexity index is 666. The quantitative estimate of drug-likeness (QED) is 0.743. The molecule has 2 aromatic rings. The van der Waals surface area contributed by atoms with E-state index in [-0.39, 0.29) is 5.91 Å². The normalized spacial score (nSPS) is 12.1. The minimum Gasteiger partial charge on any atom is -0.409 e. The van der Waals surface area contributed by atoms with E-state index >= 15 is 0 Å². The highest BCUT2D eigenvalue weighted by Gasteiger charge is 2.13. The molecule has 22 heavy (non-hydrogen) atoms. The Balaban J connectivity index is 2.00. The van der Waals surface area contributed by atoms with Gasteiger partial charge in [-0.05, 0) is 30.8 Å². The molecule has 2 rings (SSSR count). The molecule has 0 aliphatic heterocycles. The Kier molecular flexibility index (Phi) is 5.85. The Morgan fingerprint density at radius 3 is 2.82 bits per heavy atom. The average molecular weight is 321 g/mol. The van der Waals surface area contributed by atoms with E-state index in [2.05, 4.69) is 10.4 Å². The number of carbonyl (C=O) groups is 1. The number of hydrogen-bond acceptors (Lipinski definition) is 4. The number of rotatable bonds is 7. The molecular formula is C15H21N4O2S+. The molecule has 1 atom stereocenters. The van der Waals surface area contributed by atoms with Gasteiger partial charge in [-0.25, -0.2) is 0 Å². The third kappa shape index (κ3) is 4.51. The fourth-order valence-corrected chi connectivity index (χ4v) is 2.20. The van der Waals surface area contributed by atoms with E-state index < -0.39 is 0 Å². The van der Waals surface area contributed by atoms with E-state index in [9.17, 15) is 4.79 Å². The lowest BCUT2D eigenvalue weighted by atomic mass is 10.2. The van der Waals surface area contributed by atoms with Gasteiger partial charge < -0.3 is 14.6 Å². The predicted octanol–water partition coefficient (Wildman–Crippen LogP) is 0.871. The molecule has 0 saturated carbocycles. The van der Waals surface area contributed by atoms with Crippen molar-refractivity contribution in [3.05, 3.63) is 35.2 Å².